The summed E-state index contributed by atoms with van der Waals surface area (Å²) >= 11 is 0. The fourth-order valence-electron chi connectivity index (χ4n) is 4.52. The van der Waals surface area contributed by atoms with E-state index in [4.69, 9.17) is 0 Å². The first-order valence-electron chi connectivity index (χ1n) is 9.79. The highest BCUT2D eigenvalue weighted by atomic mass is 15.3. The summed E-state index contributed by atoms with van der Waals surface area (Å²) < 4.78 is 2.02. The molecule has 4 rings (SSSR count). The van der Waals surface area contributed by atoms with Gasteiger partial charge in [-0.1, -0.05) is 12.1 Å². The van der Waals surface area contributed by atoms with Crippen molar-refractivity contribution in [2.24, 2.45) is 0 Å². The van der Waals surface area contributed by atoms with Crippen molar-refractivity contribution in [2.45, 2.75) is 58.0 Å². The number of piperidine rings is 1. The topological polar surface area (TPSA) is 33.1 Å². The van der Waals surface area contributed by atoms with E-state index >= 15 is 0 Å². The summed E-state index contributed by atoms with van der Waals surface area (Å²) in [6.45, 7) is 7.85. The first-order valence-corrected chi connectivity index (χ1v) is 9.79. The highest BCUT2D eigenvalue weighted by molar-refractivity contribution is 5.36. The van der Waals surface area contributed by atoms with Crippen LogP contribution in [-0.2, 0) is 6.42 Å². The molecular formula is C21H30N4. The zero-order valence-electron chi connectivity index (χ0n) is 15.5. The van der Waals surface area contributed by atoms with Gasteiger partial charge in [0.15, 0.2) is 0 Å². The number of aryl methyl sites for hydroxylation is 2. The molecule has 2 atom stereocenters. The number of fused-ring (bicyclic) bond motifs is 1. The van der Waals surface area contributed by atoms with Gasteiger partial charge in [0.25, 0.3) is 0 Å². The Balaban J connectivity index is 1.28. The van der Waals surface area contributed by atoms with Crippen molar-refractivity contribution in [3.05, 3.63) is 47.3 Å². The lowest BCUT2D eigenvalue weighted by molar-refractivity contribution is 0.167. The summed E-state index contributed by atoms with van der Waals surface area (Å²) in [5.41, 5.74) is 4.80. The predicted octanol–water partition coefficient (Wildman–Crippen LogP) is 3.25. The molecule has 2 saturated heterocycles. The minimum atomic E-state index is 0.716. The van der Waals surface area contributed by atoms with Crippen LogP contribution in [0.15, 0.2) is 30.3 Å². The monoisotopic (exact) mass is 338 g/mol. The van der Waals surface area contributed by atoms with E-state index in [1.807, 2.05) is 11.6 Å². The molecular weight excluding hydrogens is 308 g/mol. The average molecular weight is 338 g/mol. The van der Waals surface area contributed by atoms with Crippen LogP contribution < -0.4 is 5.32 Å². The molecule has 0 unspecified atom stereocenters. The quantitative estimate of drug-likeness (QED) is 0.908. The number of nitrogens with one attached hydrogen (secondary N) is 1. The van der Waals surface area contributed by atoms with Crippen molar-refractivity contribution in [2.75, 3.05) is 19.6 Å². The van der Waals surface area contributed by atoms with E-state index < -0.39 is 0 Å². The Kier molecular flexibility index (Phi) is 4.91. The molecule has 4 heteroatoms. The molecule has 1 aromatic carbocycles. The van der Waals surface area contributed by atoms with Gasteiger partial charge in [-0.2, -0.15) is 5.10 Å². The molecule has 25 heavy (non-hydrogen) atoms. The molecule has 2 aromatic rings. The van der Waals surface area contributed by atoms with Crippen LogP contribution in [0.2, 0.25) is 0 Å². The van der Waals surface area contributed by atoms with Crippen molar-refractivity contribution in [3.8, 4) is 5.69 Å². The number of aromatic nitrogens is 2. The van der Waals surface area contributed by atoms with E-state index in [0.717, 1.165) is 30.4 Å². The van der Waals surface area contributed by atoms with Gasteiger partial charge in [-0.05, 0) is 89.3 Å². The fourth-order valence-corrected chi connectivity index (χ4v) is 4.52. The van der Waals surface area contributed by atoms with Gasteiger partial charge >= 0.3 is 0 Å². The molecule has 2 aliphatic heterocycles. The minimum Gasteiger partial charge on any atom is -0.314 e. The summed E-state index contributed by atoms with van der Waals surface area (Å²) in [7, 11) is 0. The van der Waals surface area contributed by atoms with Gasteiger partial charge in [0.2, 0.25) is 0 Å². The van der Waals surface area contributed by atoms with Crippen LogP contribution in [0, 0.1) is 13.8 Å². The van der Waals surface area contributed by atoms with Crippen LogP contribution in [0.25, 0.3) is 5.69 Å². The number of hydrogen-bond donors (Lipinski definition) is 1. The zero-order valence-corrected chi connectivity index (χ0v) is 15.5. The van der Waals surface area contributed by atoms with Gasteiger partial charge in [0, 0.05) is 17.8 Å². The third-order valence-corrected chi connectivity index (χ3v) is 5.86. The third-order valence-electron chi connectivity index (χ3n) is 5.86. The lowest BCUT2D eigenvalue weighted by atomic mass is 9.97. The number of hydrogen-bond acceptors (Lipinski definition) is 3. The normalized spacial score (nSPS) is 23.8. The van der Waals surface area contributed by atoms with E-state index in [2.05, 4.69) is 52.6 Å². The van der Waals surface area contributed by atoms with Crippen molar-refractivity contribution < 1.29 is 0 Å². The summed E-state index contributed by atoms with van der Waals surface area (Å²) in [5.74, 6) is 0. The second kappa shape index (κ2) is 7.30. The summed E-state index contributed by atoms with van der Waals surface area (Å²) in [6.07, 6.45) is 6.57. The molecule has 1 aromatic heterocycles. The van der Waals surface area contributed by atoms with Crippen molar-refractivity contribution in [1.82, 2.24) is 20.0 Å². The molecule has 0 radical (unpaired) electrons. The lowest BCUT2D eigenvalue weighted by Gasteiger charge is -2.35. The lowest BCUT2D eigenvalue weighted by Crippen LogP contribution is -2.46. The van der Waals surface area contributed by atoms with Crippen LogP contribution in [-0.4, -0.2) is 46.4 Å². The van der Waals surface area contributed by atoms with Gasteiger partial charge in [0.1, 0.15) is 0 Å². The second-order valence-corrected chi connectivity index (χ2v) is 7.76. The van der Waals surface area contributed by atoms with Crippen LogP contribution in [0.5, 0.6) is 0 Å². The van der Waals surface area contributed by atoms with Crippen LogP contribution in [0.4, 0.5) is 0 Å². The minimum absolute atomic E-state index is 0.716. The first-order chi connectivity index (χ1) is 12.2. The SMILES string of the molecule is Cc1cc(C)n(-c2ccc(CCN[C@@H]3CCN4CCC[C@@H]4C3)cc2)n1. The summed E-state index contributed by atoms with van der Waals surface area (Å²) in [6, 6.07) is 12.5. The molecule has 1 N–H and O–H groups in total. The average Bonchev–Trinajstić information content (AvgIpc) is 3.21. The Hall–Kier alpha value is -1.65. The van der Waals surface area contributed by atoms with Gasteiger partial charge in [-0.15, -0.1) is 0 Å². The highest BCUT2D eigenvalue weighted by Gasteiger charge is 2.31. The number of rotatable bonds is 5. The third kappa shape index (κ3) is 3.80. The maximum Gasteiger partial charge on any atom is 0.0648 e. The van der Waals surface area contributed by atoms with Crippen molar-refractivity contribution >= 4 is 0 Å². The van der Waals surface area contributed by atoms with E-state index in [0.29, 0.717) is 6.04 Å². The fraction of sp³-hybridized carbons (Fsp3) is 0.571. The molecule has 134 valence electrons. The van der Waals surface area contributed by atoms with Crippen molar-refractivity contribution in [3.63, 3.8) is 0 Å². The van der Waals surface area contributed by atoms with Crippen molar-refractivity contribution in [1.29, 1.82) is 0 Å². The number of nitrogens with zero attached hydrogens (tertiary/aromatic N) is 3. The Bertz CT molecular complexity index is 703. The van der Waals surface area contributed by atoms with Crippen LogP contribution in [0.1, 0.15) is 42.6 Å². The molecule has 4 nitrogen and oxygen atoms in total. The van der Waals surface area contributed by atoms with Gasteiger partial charge in [0.05, 0.1) is 11.4 Å². The van der Waals surface area contributed by atoms with E-state index in [9.17, 15) is 0 Å². The summed E-state index contributed by atoms with van der Waals surface area (Å²) in [5, 5.41) is 8.36. The molecule has 0 amide bonds. The second-order valence-electron chi connectivity index (χ2n) is 7.76. The maximum absolute atomic E-state index is 4.56. The molecule has 2 aliphatic rings. The molecule has 3 heterocycles. The first kappa shape index (κ1) is 16.8. The van der Waals surface area contributed by atoms with E-state index in [-0.39, 0.29) is 0 Å². The molecule has 0 aliphatic carbocycles. The maximum atomic E-state index is 4.56. The standard InChI is InChI=1S/C21H30N4/c1-16-14-17(2)25(23-16)20-7-5-18(6-8-20)9-11-22-19-10-13-24-12-3-4-21(24)15-19/h5-8,14,19,21-22H,3-4,9-13,15H2,1-2H3/t19-,21-/m1/s1. The molecule has 0 spiro atoms. The van der Waals surface area contributed by atoms with Crippen LogP contribution >= 0.6 is 0 Å². The Morgan fingerprint density at radius 2 is 1.96 bits per heavy atom. The van der Waals surface area contributed by atoms with Gasteiger partial charge < -0.3 is 10.2 Å². The highest BCUT2D eigenvalue weighted by Crippen LogP contribution is 2.26. The molecule has 0 saturated carbocycles. The zero-order chi connectivity index (χ0) is 17.2. The molecule has 0 bridgehead atoms. The van der Waals surface area contributed by atoms with Gasteiger partial charge in [-0.25, -0.2) is 4.68 Å². The van der Waals surface area contributed by atoms with Gasteiger partial charge in [-0.3, -0.25) is 0 Å². The Morgan fingerprint density at radius 1 is 1.12 bits per heavy atom. The summed E-state index contributed by atoms with van der Waals surface area (Å²) in [4.78, 5) is 2.69. The largest absolute Gasteiger partial charge is 0.314 e. The Morgan fingerprint density at radius 3 is 2.72 bits per heavy atom. The van der Waals surface area contributed by atoms with Crippen LogP contribution in [0.3, 0.4) is 0 Å². The van der Waals surface area contributed by atoms with E-state index in [1.165, 1.54) is 50.0 Å². The predicted molar refractivity (Wildman–Crippen MR) is 102 cm³/mol. The Labute approximate surface area is 151 Å². The smallest absolute Gasteiger partial charge is 0.0648 e. The molecule has 2 fully saturated rings. The van der Waals surface area contributed by atoms with E-state index in [1.54, 1.807) is 0 Å². The number of benzene rings is 1.